The van der Waals surface area contributed by atoms with Crippen molar-refractivity contribution >= 4 is 33.3 Å². The second kappa shape index (κ2) is 8.12. The minimum Gasteiger partial charge on any atom is -0.482 e. The molecule has 0 N–H and O–H groups in total. The smallest absolute Gasteiger partial charge is 0.338 e. The summed E-state index contributed by atoms with van der Waals surface area (Å²) in [6, 6.07) is 11.5. The Labute approximate surface area is 169 Å². The lowest BCUT2D eigenvalue weighted by Gasteiger charge is -2.29. The van der Waals surface area contributed by atoms with Crippen LogP contribution in [0.3, 0.4) is 0 Å². The quantitative estimate of drug-likeness (QED) is 0.668. The molecule has 0 fully saturated rings. The van der Waals surface area contributed by atoms with Gasteiger partial charge >= 0.3 is 5.97 Å². The molecule has 2 aromatic carbocycles. The van der Waals surface area contributed by atoms with E-state index in [1.54, 1.807) is 56.4 Å². The summed E-state index contributed by atoms with van der Waals surface area (Å²) in [5.74, 6) is -0.125. The predicted molar refractivity (Wildman–Crippen MR) is 109 cm³/mol. The van der Waals surface area contributed by atoms with Gasteiger partial charge in [0.25, 0.3) is 5.91 Å². The normalized spacial score (nSPS) is 13.5. The molecule has 0 atom stereocenters. The molecular formula is C20H22N2O6S. The number of carbonyl (C=O) groups excluding carboxylic acids is 2. The zero-order valence-corrected chi connectivity index (χ0v) is 17.2. The summed E-state index contributed by atoms with van der Waals surface area (Å²) < 4.78 is 36.5. The van der Waals surface area contributed by atoms with Gasteiger partial charge in [0.2, 0.25) is 10.0 Å². The van der Waals surface area contributed by atoms with Gasteiger partial charge in [0.05, 0.1) is 36.3 Å². The molecule has 154 valence electrons. The van der Waals surface area contributed by atoms with Gasteiger partial charge in [0.15, 0.2) is 6.61 Å². The van der Waals surface area contributed by atoms with E-state index in [2.05, 4.69) is 0 Å². The molecule has 29 heavy (non-hydrogen) atoms. The van der Waals surface area contributed by atoms with Gasteiger partial charge in [-0.05, 0) is 42.8 Å². The predicted octanol–water partition coefficient (Wildman–Crippen LogP) is 2.18. The maximum Gasteiger partial charge on any atom is 0.338 e. The number of carbonyl (C=O) groups is 2. The lowest BCUT2D eigenvalue weighted by atomic mass is 10.1. The van der Waals surface area contributed by atoms with Crippen LogP contribution in [-0.4, -0.2) is 46.8 Å². The number of esters is 1. The van der Waals surface area contributed by atoms with Gasteiger partial charge in [0.1, 0.15) is 5.75 Å². The Morgan fingerprint density at radius 2 is 1.90 bits per heavy atom. The molecule has 8 nitrogen and oxygen atoms in total. The largest absolute Gasteiger partial charge is 0.482 e. The lowest BCUT2D eigenvalue weighted by molar-refractivity contribution is -0.120. The van der Waals surface area contributed by atoms with Crippen molar-refractivity contribution < 1.29 is 27.5 Å². The van der Waals surface area contributed by atoms with Crippen molar-refractivity contribution in [1.82, 2.24) is 0 Å². The van der Waals surface area contributed by atoms with Gasteiger partial charge in [-0.25, -0.2) is 13.2 Å². The highest BCUT2D eigenvalue weighted by Crippen LogP contribution is 2.36. The van der Waals surface area contributed by atoms with Crippen LogP contribution in [0.1, 0.15) is 22.8 Å². The van der Waals surface area contributed by atoms with E-state index in [1.165, 1.54) is 9.21 Å². The summed E-state index contributed by atoms with van der Waals surface area (Å²) in [4.78, 5) is 25.1. The van der Waals surface area contributed by atoms with Crippen molar-refractivity contribution in [2.75, 3.05) is 35.7 Å². The van der Waals surface area contributed by atoms with Crippen LogP contribution in [-0.2, 0) is 26.1 Å². The molecule has 0 radical (unpaired) electrons. The average molecular weight is 418 g/mol. The third-order valence-corrected chi connectivity index (χ3v) is 5.65. The molecule has 2 aromatic rings. The summed E-state index contributed by atoms with van der Waals surface area (Å²) in [5.41, 5.74) is 2.00. The highest BCUT2D eigenvalue weighted by molar-refractivity contribution is 7.92. The number of amides is 1. The van der Waals surface area contributed by atoms with Crippen molar-refractivity contribution in [3.8, 4) is 5.75 Å². The van der Waals surface area contributed by atoms with Gasteiger partial charge < -0.3 is 14.4 Å². The maximum atomic E-state index is 12.5. The van der Waals surface area contributed by atoms with E-state index in [4.69, 9.17) is 9.47 Å². The van der Waals surface area contributed by atoms with Gasteiger partial charge in [-0.3, -0.25) is 9.10 Å². The first-order valence-electron chi connectivity index (χ1n) is 8.98. The van der Waals surface area contributed by atoms with Crippen LogP contribution in [0.5, 0.6) is 5.75 Å². The second-order valence-electron chi connectivity index (χ2n) is 6.58. The highest BCUT2D eigenvalue weighted by Gasteiger charge is 2.25. The molecule has 1 heterocycles. The molecule has 0 saturated heterocycles. The van der Waals surface area contributed by atoms with Crippen molar-refractivity contribution in [2.45, 2.75) is 13.5 Å². The second-order valence-corrected chi connectivity index (χ2v) is 8.49. The fraction of sp³-hybridized carbons (Fsp3) is 0.300. The number of hydrogen-bond acceptors (Lipinski definition) is 6. The SMILES string of the molecule is CCOC(=O)c1ccc(CN(c2ccc3c(c2)N(C)C(=O)CO3)S(C)(=O)=O)cc1. The number of ether oxygens (including phenoxy) is 2. The van der Waals surface area contributed by atoms with Gasteiger partial charge in [-0.1, -0.05) is 12.1 Å². The zero-order chi connectivity index (χ0) is 21.2. The van der Waals surface area contributed by atoms with E-state index in [9.17, 15) is 18.0 Å². The Bertz CT molecular complexity index is 1030. The van der Waals surface area contributed by atoms with Gasteiger partial charge in [0, 0.05) is 7.05 Å². The van der Waals surface area contributed by atoms with Crippen LogP contribution in [0, 0.1) is 0 Å². The van der Waals surface area contributed by atoms with Gasteiger partial charge in [-0.15, -0.1) is 0 Å². The number of benzene rings is 2. The first-order valence-corrected chi connectivity index (χ1v) is 10.8. The molecule has 0 saturated carbocycles. The van der Waals surface area contributed by atoms with Crippen LogP contribution in [0.4, 0.5) is 11.4 Å². The Morgan fingerprint density at radius 3 is 2.52 bits per heavy atom. The monoisotopic (exact) mass is 418 g/mol. The van der Waals surface area contributed by atoms with Crippen LogP contribution in [0.2, 0.25) is 0 Å². The molecule has 0 spiro atoms. The third-order valence-electron chi connectivity index (χ3n) is 4.51. The summed E-state index contributed by atoms with van der Waals surface area (Å²) in [6.45, 7) is 2.02. The minimum atomic E-state index is -3.61. The Hall–Kier alpha value is -3.07. The molecule has 1 aliphatic heterocycles. The summed E-state index contributed by atoms with van der Waals surface area (Å²) in [7, 11) is -1.99. The number of sulfonamides is 1. The first-order chi connectivity index (χ1) is 13.7. The van der Waals surface area contributed by atoms with Crippen molar-refractivity contribution in [3.05, 3.63) is 53.6 Å². The lowest BCUT2D eigenvalue weighted by Crippen LogP contribution is -2.36. The van der Waals surface area contributed by atoms with E-state index < -0.39 is 16.0 Å². The van der Waals surface area contributed by atoms with E-state index in [1.807, 2.05) is 0 Å². The molecule has 1 amide bonds. The number of anilines is 2. The average Bonchev–Trinajstić information content (AvgIpc) is 2.68. The fourth-order valence-corrected chi connectivity index (χ4v) is 3.82. The molecule has 0 aliphatic carbocycles. The number of hydrogen-bond donors (Lipinski definition) is 0. The molecule has 3 rings (SSSR count). The molecule has 0 unspecified atom stereocenters. The van der Waals surface area contributed by atoms with Crippen LogP contribution >= 0.6 is 0 Å². The molecular weight excluding hydrogens is 396 g/mol. The van der Waals surface area contributed by atoms with E-state index >= 15 is 0 Å². The maximum absolute atomic E-state index is 12.5. The van der Waals surface area contributed by atoms with E-state index in [0.29, 0.717) is 28.3 Å². The summed E-state index contributed by atoms with van der Waals surface area (Å²) in [5, 5.41) is 0. The summed E-state index contributed by atoms with van der Waals surface area (Å²) >= 11 is 0. The third kappa shape index (κ3) is 4.51. The van der Waals surface area contributed by atoms with Gasteiger partial charge in [-0.2, -0.15) is 0 Å². The van der Waals surface area contributed by atoms with Crippen molar-refractivity contribution in [2.24, 2.45) is 0 Å². The number of likely N-dealkylation sites (N-methyl/N-ethyl adjacent to an activating group) is 1. The van der Waals surface area contributed by atoms with E-state index in [0.717, 1.165) is 6.26 Å². The van der Waals surface area contributed by atoms with E-state index in [-0.39, 0.29) is 25.7 Å². The number of rotatable bonds is 6. The van der Waals surface area contributed by atoms with Crippen LogP contribution in [0.15, 0.2) is 42.5 Å². The number of fused-ring (bicyclic) bond motifs is 1. The Morgan fingerprint density at radius 1 is 1.21 bits per heavy atom. The van der Waals surface area contributed by atoms with Crippen LogP contribution in [0.25, 0.3) is 0 Å². The highest BCUT2D eigenvalue weighted by atomic mass is 32.2. The molecule has 0 bridgehead atoms. The van der Waals surface area contributed by atoms with Crippen molar-refractivity contribution in [1.29, 1.82) is 0 Å². The molecule has 1 aliphatic rings. The molecule has 0 aromatic heterocycles. The fourth-order valence-electron chi connectivity index (χ4n) is 2.94. The Balaban J connectivity index is 1.90. The van der Waals surface area contributed by atoms with Crippen molar-refractivity contribution in [3.63, 3.8) is 0 Å². The summed E-state index contributed by atoms with van der Waals surface area (Å²) in [6.07, 6.45) is 1.12. The first kappa shape index (κ1) is 20.7. The minimum absolute atomic E-state index is 0.0501. The number of nitrogens with zero attached hydrogens (tertiary/aromatic N) is 2. The molecule has 9 heteroatoms. The van der Waals surface area contributed by atoms with Crippen LogP contribution < -0.4 is 13.9 Å². The Kier molecular flexibility index (Phi) is 5.78. The zero-order valence-electron chi connectivity index (χ0n) is 16.4. The standard InChI is InChI=1S/C20H22N2O6S/c1-4-27-20(24)15-7-5-14(6-8-15)12-22(29(3,25)26)16-9-10-18-17(11-16)21(2)19(23)13-28-18/h5-11H,4,12-13H2,1-3H3. The topological polar surface area (TPSA) is 93.2 Å².